The molecule has 0 aliphatic rings. The fraction of sp³-hybridized carbons (Fsp3) is 0.417. The molecule has 98 valence electrons. The zero-order chi connectivity index (χ0) is 13.6. The van der Waals surface area contributed by atoms with Gasteiger partial charge < -0.3 is 15.7 Å². The summed E-state index contributed by atoms with van der Waals surface area (Å²) in [5, 5.41) is 14.0. The molecule has 0 saturated heterocycles. The van der Waals surface area contributed by atoms with Gasteiger partial charge in [0.25, 0.3) is 0 Å². The first kappa shape index (κ1) is 14.0. The van der Waals surface area contributed by atoms with Crippen molar-refractivity contribution in [3.8, 4) is 0 Å². The van der Waals surface area contributed by atoms with Crippen LogP contribution in [-0.2, 0) is 11.3 Å². The second-order valence-electron chi connectivity index (χ2n) is 4.59. The van der Waals surface area contributed by atoms with E-state index in [0.29, 0.717) is 6.54 Å². The second kappa shape index (κ2) is 6.00. The van der Waals surface area contributed by atoms with E-state index >= 15 is 0 Å². The quantitative estimate of drug-likeness (QED) is 0.727. The third kappa shape index (κ3) is 4.40. The number of amides is 2. The van der Waals surface area contributed by atoms with Crippen molar-refractivity contribution in [3.63, 3.8) is 0 Å². The van der Waals surface area contributed by atoms with Crippen LogP contribution < -0.4 is 10.6 Å². The van der Waals surface area contributed by atoms with Crippen molar-refractivity contribution >= 4 is 12.0 Å². The summed E-state index contributed by atoms with van der Waals surface area (Å²) in [6, 6.07) is 3.23. The van der Waals surface area contributed by atoms with E-state index in [1.807, 2.05) is 6.07 Å². The molecule has 18 heavy (non-hydrogen) atoms. The van der Waals surface area contributed by atoms with Crippen LogP contribution in [0.5, 0.6) is 0 Å². The number of urea groups is 1. The van der Waals surface area contributed by atoms with Crippen LogP contribution in [0.3, 0.4) is 0 Å². The lowest BCUT2D eigenvalue weighted by Gasteiger charge is -2.19. The largest absolute Gasteiger partial charge is 0.481 e. The number of aromatic nitrogens is 1. The van der Waals surface area contributed by atoms with Crippen LogP contribution in [0.1, 0.15) is 19.4 Å². The minimum Gasteiger partial charge on any atom is -0.481 e. The number of nitrogens with one attached hydrogen (secondary N) is 2. The van der Waals surface area contributed by atoms with Gasteiger partial charge in [-0.25, -0.2) is 4.79 Å². The fourth-order valence-electron chi connectivity index (χ4n) is 1.12. The molecule has 0 unspecified atom stereocenters. The number of carbonyl (C=O) groups is 2. The highest BCUT2D eigenvalue weighted by molar-refractivity contribution is 5.77. The molecule has 1 rings (SSSR count). The Kier molecular flexibility index (Phi) is 4.65. The third-order valence-electron chi connectivity index (χ3n) is 2.45. The summed E-state index contributed by atoms with van der Waals surface area (Å²) in [5.74, 6) is -0.949. The summed E-state index contributed by atoms with van der Waals surface area (Å²) < 4.78 is 0. The maximum Gasteiger partial charge on any atom is 0.315 e. The molecule has 0 fully saturated rings. The number of hydrogen-bond acceptors (Lipinski definition) is 3. The van der Waals surface area contributed by atoms with E-state index in [1.165, 1.54) is 0 Å². The predicted octanol–water partition coefficient (Wildman–Crippen LogP) is 0.992. The zero-order valence-corrected chi connectivity index (χ0v) is 10.4. The van der Waals surface area contributed by atoms with Gasteiger partial charge in [0, 0.05) is 25.5 Å². The van der Waals surface area contributed by atoms with Crippen molar-refractivity contribution in [2.24, 2.45) is 5.41 Å². The molecule has 3 N–H and O–H groups in total. The van der Waals surface area contributed by atoms with Gasteiger partial charge >= 0.3 is 12.0 Å². The molecule has 0 radical (unpaired) electrons. The molecular weight excluding hydrogens is 234 g/mol. The van der Waals surface area contributed by atoms with E-state index < -0.39 is 17.4 Å². The van der Waals surface area contributed by atoms with Gasteiger partial charge in [-0.15, -0.1) is 0 Å². The van der Waals surface area contributed by atoms with Crippen LogP contribution in [0.2, 0.25) is 0 Å². The van der Waals surface area contributed by atoms with Gasteiger partial charge in [-0.05, 0) is 25.5 Å². The number of pyridine rings is 1. The van der Waals surface area contributed by atoms with Crippen molar-refractivity contribution < 1.29 is 14.7 Å². The minimum atomic E-state index is -0.981. The normalized spacial score (nSPS) is 10.8. The average Bonchev–Trinajstić information content (AvgIpc) is 2.35. The highest BCUT2D eigenvalue weighted by Gasteiger charge is 2.27. The lowest BCUT2D eigenvalue weighted by atomic mass is 9.94. The van der Waals surface area contributed by atoms with E-state index in [1.54, 1.807) is 32.3 Å². The molecule has 1 aromatic heterocycles. The average molecular weight is 251 g/mol. The lowest BCUT2D eigenvalue weighted by Crippen LogP contribution is -2.43. The van der Waals surface area contributed by atoms with E-state index in [0.717, 1.165) is 5.56 Å². The van der Waals surface area contributed by atoms with E-state index in [2.05, 4.69) is 15.6 Å². The number of hydrogen-bond donors (Lipinski definition) is 3. The van der Waals surface area contributed by atoms with Crippen molar-refractivity contribution in [2.45, 2.75) is 20.4 Å². The van der Waals surface area contributed by atoms with Gasteiger partial charge in [0.2, 0.25) is 0 Å². The number of carboxylic acid groups (broad SMARTS) is 1. The number of nitrogens with zero attached hydrogens (tertiary/aromatic N) is 1. The highest BCUT2D eigenvalue weighted by Crippen LogP contribution is 2.12. The van der Waals surface area contributed by atoms with E-state index in [-0.39, 0.29) is 6.54 Å². The van der Waals surface area contributed by atoms with Crippen LogP contribution in [-0.4, -0.2) is 28.6 Å². The SMILES string of the molecule is CC(C)(CNC(=O)NCc1cccnc1)C(=O)O. The Morgan fingerprint density at radius 3 is 2.67 bits per heavy atom. The molecule has 0 spiro atoms. The molecule has 1 aromatic rings. The van der Waals surface area contributed by atoms with Crippen LogP contribution in [0.25, 0.3) is 0 Å². The van der Waals surface area contributed by atoms with Gasteiger partial charge in [0.1, 0.15) is 0 Å². The molecule has 2 amide bonds. The Labute approximate surface area is 105 Å². The van der Waals surface area contributed by atoms with Crippen molar-refractivity contribution in [1.82, 2.24) is 15.6 Å². The molecular formula is C12H17N3O3. The molecule has 6 nitrogen and oxygen atoms in total. The molecule has 0 saturated carbocycles. The summed E-state index contributed by atoms with van der Waals surface area (Å²) in [6.07, 6.45) is 3.31. The maximum absolute atomic E-state index is 11.5. The lowest BCUT2D eigenvalue weighted by molar-refractivity contribution is -0.146. The number of carboxylic acids is 1. The molecule has 0 bridgehead atoms. The number of rotatable bonds is 5. The summed E-state index contributed by atoms with van der Waals surface area (Å²) in [5.41, 5.74) is -0.101. The van der Waals surface area contributed by atoms with Crippen LogP contribution in [0.4, 0.5) is 4.79 Å². The summed E-state index contributed by atoms with van der Waals surface area (Å²) in [7, 11) is 0. The van der Waals surface area contributed by atoms with Crippen LogP contribution >= 0.6 is 0 Å². The smallest absolute Gasteiger partial charge is 0.315 e. The van der Waals surface area contributed by atoms with Gasteiger partial charge in [-0.1, -0.05) is 6.07 Å². The van der Waals surface area contributed by atoms with Crippen LogP contribution in [0, 0.1) is 5.41 Å². The Balaban J connectivity index is 2.33. The summed E-state index contributed by atoms with van der Waals surface area (Å²) in [6.45, 7) is 3.53. The van der Waals surface area contributed by atoms with Crippen molar-refractivity contribution in [3.05, 3.63) is 30.1 Å². The zero-order valence-electron chi connectivity index (χ0n) is 10.4. The van der Waals surface area contributed by atoms with Crippen molar-refractivity contribution in [2.75, 3.05) is 6.54 Å². The molecule has 0 aliphatic carbocycles. The topological polar surface area (TPSA) is 91.3 Å². The fourth-order valence-corrected chi connectivity index (χ4v) is 1.12. The van der Waals surface area contributed by atoms with E-state index in [4.69, 9.17) is 5.11 Å². The van der Waals surface area contributed by atoms with Gasteiger partial charge in [-0.3, -0.25) is 9.78 Å². The van der Waals surface area contributed by atoms with Crippen molar-refractivity contribution in [1.29, 1.82) is 0 Å². The van der Waals surface area contributed by atoms with Gasteiger partial charge in [-0.2, -0.15) is 0 Å². The van der Waals surface area contributed by atoms with Gasteiger partial charge in [0.05, 0.1) is 5.41 Å². The van der Waals surface area contributed by atoms with Crippen LogP contribution in [0.15, 0.2) is 24.5 Å². The Morgan fingerprint density at radius 1 is 1.39 bits per heavy atom. The molecule has 0 aliphatic heterocycles. The molecule has 1 heterocycles. The molecule has 0 atom stereocenters. The van der Waals surface area contributed by atoms with E-state index in [9.17, 15) is 9.59 Å². The number of aliphatic carboxylic acids is 1. The monoisotopic (exact) mass is 251 g/mol. The predicted molar refractivity (Wildman–Crippen MR) is 65.9 cm³/mol. The Bertz CT molecular complexity index is 418. The second-order valence-corrected chi connectivity index (χ2v) is 4.59. The first-order valence-corrected chi connectivity index (χ1v) is 5.56. The molecule has 6 heteroatoms. The summed E-state index contributed by atoms with van der Waals surface area (Å²) in [4.78, 5) is 26.2. The minimum absolute atomic E-state index is 0.0706. The highest BCUT2D eigenvalue weighted by atomic mass is 16.4. The standard InChI is InChI=1S/C12H17N3O3/c1-12(2,10(16)17)8-15-11(18)14-7-9-4-3-5-13-6-9/h3-6H,7-8H2,1-2H3,(H,16,17)(H2,14,15,18). The van der Waals surface area contributed by atoms with Gasteiger partial charge in [0.15, 0.2) is 0 Å². The summed E-state index contributed by atoms with van der Waals surface area (Å²) >= 11 is 0. The Hall–Kier alpha value is -2.11. The first-order chi connectivity index (χ1) is 8.42. The molecule has 0 aromatic carbocycles. The maximum atomic E-state index is 11.5. The Morgan fingerprint density at radius 2 is 2.11 bits per heavy atom. The number of carbonyl (C=O) groups excluding carboxylic acids is 1. The third-order valence-corrected chi connectivity index (χ3v) is 2.45. The first-order valence-electron chi connectivity index (χ1n) is 5.56.